The quantitative estimate of drug-likeness (QED) is 0.736. The zero-order chi connectivity index (χ0) is 14.6. The standard InChI is InChI=1S/C14H21NO4/c1-9(16)7-10-5-6-12(17)11(8-10)15-13(18)19-14(2,3)4/h5-6,8-9,16-17H,7H2,1-4H3,(H,15,18). The number of aliphatic hydroxyl groups is 1. The van der Waals surface area contributed by atoms with E-state index in [1.807, 2.05) is 0 Å². The molecule has 0 radical (unpaired) electrons. The van der Waals surface area contributed by atoms with Gasteiger partial charge in [-0.2, -0.15) is 0 Å². The minimum atomic E-state index is -0.628. The molecule has 0 bridgehead atoms. The van der Waals surface area contributed by atoms with Crippen molar-refractivity contribution < 1.29 is 19.7 Å². The molecule has 0 fully saturated rings. The summed E-state index contributed by atoms with van der Waals surface area (Å²) in [5.74, 6) is -0.0415. The Bertz CT molecular complexity index is 449. The van der Waals surface area contributed by atoms with Crippen molar-refractivity contribution in [2.45, 2.75) is 45.8 Å². The van der Waals surface area contributed by atoms with Crippen molar-refractivity contribution in [3.05, 3.63) is 23.8 Å². The highest BCUT2D eigenvalue weighted by atomic mass is 16.6. The van der Waals surface area contributed by atoms with Crippen LogP contribution < -0.4 is 5.32 Å². The van der Waals surface area contributed by atoms with Crippen LogP contribution in [-0.4, -0.2) is 28.0 Å². The van der Waals surface area contributed by atoms with Gasteiger partial charge in [-0.25, -0.2) is 4.79 Å². The van der Waals surface area contributed by atoms with Crippen LogP contribution in [0.25, 0.3) is 0 Å². The third-order valence-electron chi connectivity index (χ3n) is 2.23. The predicted molar refractivity (Wildman–Crippen MR) is 73.3 cm³/mol. The number of nitrogens with one attached hydrogen (secondary N) is 1. The Morgan fingerprint density at radius 1 is 1.42 bits per heavy atom. The van der Waals surface area contributed by atoms with E-state index in [1.54, 1.807) is 39.8 Å². The first kappa shape index (κ1) is 15.3. The second kappa shape index (κ2) is 5.93. The third-order valence-corrected chi connectivity index (χ3v) is 2.23. The molecule has 1 aromatic carbocycles. The van der Waals surface area contributed by atoms with Crippen molar-refractivity contribution in [3.8, 4) is 5.75 Å². The third kappa shape index (κ3) is 5.61. The molecular weight excluding hydrogens is 246 g/mol. The minimum Gasteiger partial charge on any atom is -0.506 e. The maximum Gasteiger partial charge on any atom is 0.412 e. The molecule has 19 heavy (non-hydrogen) atoms. The van der Waals surface area contributed by atoms with E-state index >= 15 is 0 Å². The zero-order valence-corrected chi connectivity index (χ0v) is 11.7. The fraction of sp³-hybridized carbons (Fsp3) is 0.500. The number of rotatable bonds is 3. The molecule has 1 unspecified atom stereocenters. The molecular formula is C14H21NO4. The number of amides is 1. The number of aliphatic hydroxyl groups excluding tert-OH is 1. The van der Waals surface area contributed by atoms with Gasteiger partial charge in [-0.05, 0) is 51.8 Å². The maximum absolute atomic E-state index is 11.6. The van der Waals surface area contributed by atoms with Gasteiger partial charge >= 0.3 is 6.09 Å². The summed E-state index contributed by atoms with van der Waals surface area (Å²) in [5.41, 5.74) is 0.489. The summed E-state index contributed by atoms with van der Waals surface area (Å²) in [7, 11) is 0. The number of carbonyl (C=O) groups excluding carboxylic acids is 1. The summed E-state index contributed by atoms with van der Waals surface area (Å²) < 4.78 is 5.11. The molecule has 1 rings (SSSR count). The summed E-state index contributed by atoms with van der Waals surface area (Å²) in [6.45, 7) is 6.96. The molecule has 5 heteroatoms. The van der Waals surface area contributed by atoms with Gasteiger partial charge in [0, 0.05) is 0 Å². The first-order valence-corrected chi connectivity index (χ1v) is 6.17. The number of hydrogen-bond donors (Lipinski definition) is 3. The minimum absolute atomic E-state index is 0.0415. The van der Waals surface area contributed by atoms with Crippen LogP contribution in [-0.2, 0) is 11.2 Å². The van der Waals surface area contributed by atoms with Crippen LogP contribution in [0.5, 0.6) is 5.75 Å². The Morgan fingerprint density at radius 3 is 2.58 bits per heavy atom. The first-order chi connectivity index (χ1) is 8.67. The van der Waals surface area contributed by atoms with E-state index in [2.05, 4.69) is 5.32 Å². The molecule has 1 aromatic rings. The van der Waals surface area contributed by atoms with E-state index in [0.29, 0.717) is 6.42 Å². The van der Waals surface area contributed by atoms with Gasteiger partial charge in [-0.3, -0.25) is 5.32 Å². The number of phenols is 1. The van der Waals surface area contributed by atoms with Crippen molar-refractivity contribution in [2.24, 2.45) is 0 Å². The van der Waals surface area contributed by atoms with E-state index in [4.69, 9.17) is 4.74 Å². The average molecular weight is 267 g/mol. The molecule has 0 aliphatic rings. The number of anilines is 1. The van der Waals surface area contributed by atoms with Crippen LogP contribution in [0.4, 0.5) is 10.5 Å². The lowest BCUT2D eigenvalue weighted by Crippen LogP contribution is -2.27. The van der Waals surface area contributed by atoms with Crippen LogP contribution in [0.2, 0.25) is 0 Å². The van der Waals surface area contributed by atoms with Gasteiger partial charge in [0.15, 0.2) is 0 Å². The van der Waals surface area contributed by atoms with Gasteiger partial charge in [0.2, 0.25) is 0 Å². The van der Waals surface area contributed by atoms with E-state index in [0.717, 1.165) is 5.56 Å². The molecule has 0 saturated heterocycles. The first-order valence-electron chi connectivity index (χ1n) is 6.17. The molecule has 0 aliphatic heterocycles. The van der Waals surface area contributed by atoms with Crippen LogP contribution in [0.1, 0.15) is 33.3 Å². The number of carbonyl (C=O) groups is 1. The highest BCUT2D eigenvalue weighted by molar-refractivity contribution is 5.87. The lowest BCUT2D eigenvalue weighted by Gasteiger charge is -2.20. The Morgan fingerprint density at radius 2 is 2.05 bits per heavy atom. The smallest absolute Gasteiger partial charge is 0.412 e. The number of hydrogen-bond acceptors (Lipinski definition) is 4. The number of ether oxygens (including phenoxy) is 1. The molecule has 1 amide bonds. The average Bonchev–Trinajstić information content (AvgIpc) is 2.19. The predicted octanol–water partition coefficient (Wildman–Crippen LogP) is 2.66. The highest BCUT2D eigenvalue weighted by Gasteiger charge is 2.17. The summed E-state index contributed by atoms with van der Waals surface area (Å²) in [6.07, 6.45) is -0.667. The SMILES string of the molecule is CC(O)Cc1ccc(O)c(NC(=O)OC(C)(C)C)c1. The fourth-order valence-electron chi connectivity index (χ4n) is 1.56. The van der Waals surface area contributed by atoms with Gasteiger partial charge < -0.3 is 14.9 Å². The van der Waals surface area contributed by atoms with Gasteiger partial charge in [0.25, 0.3) is 0 Å². The highest BCUT2D eigenvalue weighted by Crippen LogP contribution is 2.25. The van der Waals surface area contributed by atoms with Crippen LogP contribution >= 0.6 is 0 Å². The van der Waals surface area contributed by atoms with Crippen molar-refractivity contribution in [1.29, 1.82) is 0 Å². The molecule has 0 heterocycles. The van der Waals surface area contributed by atoms with Crippen molar-refractivity contribution in [3.63, 3.8) is 0 Å². The summed E-state index contributed by atoms with van der Waals surface area (Å²) in [4.78, 5) is 11.6. The molecule has 0 aromatic heterocycles. The summed E-state index contributed by atoms with van der Waals surface area (Å²) >= 11 is 0. The normalized spacial score (nSPS) is 12.9. The van der Waals surface area contributed by atoms with Crippen molar-refractivity contribution >= 4 is 11.8 Å². The number of aromatic hydroxyl groups is 1. The van der Waals surface area contributed by atoms with Crippen LogP contribution in [0.3, 0.4) is 0 Å². The summed E-state index contributed by atoms with van der Waals surface area (Å²) in [6, 6.07) is 4.79. The molecule has 5 nitrogen and oxygen atoms in total. The van der Waals surface area contributed by atoms with Crippen LogP contribution in [0, 0.1) is 0 Å². The molecule has 0 saturated carbocycles. The molecule has 3 N–H and O–H groups in total. The second-order valence-corrected chi connectivity index (χ2v) is 5.53. The topological polar surface area (TPSA) is 78.8 Å². The molecule has 106 valence electrons. The van der Waals surface area contributed by atoms with Gasteiger partial charge in [-0.1, -0.05) is 6.07 Å². The molecule has 1 atom stereocenters. The Hall–Kier alpha value is -1.75. The number of phenolic OH excluding ortho intramolecular Hbond substituents is 1. The number of benzene rings is 1. The molecule has 0 spiro atoms. The Kier molecular flexibility index (Phi) is 4.78. The van der Waals surface area contributed by atoms with Gasteiger partial charge in [0.05, 0.1) is 11.8 Å². The van der Waals surface area contributed by atoms with Gasteiger partial charge in [0.1, 0.15) is 11.4 Å². The van der Waals surface area contributed by atoms with E-state index in [1.165, 1.54) is 6.07 Å². The van der Waals surface area contributed by atoms with Crippen molar-refractivity contribution in [1.82, 2.24) is 0 Å². The van der Waals surface area contributed by atoms with Crippen molar-refractivity contribution in [2.75, 3.05) is 5.32 Å². The zero-order valence-electron chi connectivity index (χ0n) is 11.7. The van der Waals surface area contributed by atoms with Crippen LogP contribution in [0.15, 0.2) is 18.2 Å². The van der Waals surface area contributed by atoms with E-state index in [9.17, 15) is 15.0 Å². The maximum atomic E-state index is 11.6. The Balaban J connectivity index is 2.79. The molecule has 0 aliphatic carbocycles. The van der Waals surface area contributed by atoms with E-state index < -0.39 is 17.8 Å². The second-order valence-electron chi connectivity index (χ2n) is 5.53. The Labute approximate surface area is 113 Å². The van der Waals surface area contributed by atoms with Gasteiger partial charge in [-0.15, -0.1) is 0 Å². The lowest BCUT2D eigenvalue weighted by atomic mass is 10.1. The lowest BCUT2D eigenvalue weighted by molar-refractivity contribution is 0.0635. The largest absolute Gasteiger partial charge is 0.506 e. The monoisotopic (exact) mass is 267 g/mol. The summed E-state index contributed by atoms with van der Waals surface area (Å²) in [5, 5.41) is 21.5. The fourth-order valence-corrected chi connectivity index (χ4v) is 1.56. The van der Waals surface area contributed by atoms with E-state index in [-0.39, 0.29) is 11.4 Å².